The minimum atomic E-state index is -0.702. The number of rotatable bonds is 4. The van der Waals surface area contributed by atoms with Gasteiger partial charge in [0, 0.05) is 24.1 Å². The van der Waals surface area contributed by atoms with Crippen molar-refractivity contribution in [2.24, 2.45) is 11.5 Å². The molecule has 0 heterocycles. The first-order valence-corrected chi connectivity index (χ1v) is 4.49. The summed E-state index contributed by atoms with van der Waals surface area (Å²) in [5.74, 6) is -1.85. The molecule has 0 aliphatic heterocycles. The standard InChI is InChI=1S/C10H12F2N2O/c11-6-1-2-7(8(12)5-6)9(13)3-4-10(14)15/h1-2,5,9H,3-4,13H2,(H2,14,15). The van der Waals surface area contributed by atoms with Crippen molar-refractivity contribution in [3.8, 4) is 0 Å². The lowest BCUT2D eigenvalue weighted by Crippen LogP contribution is -2.17. The monoisotopic (exact) mass is 214 g/mol. The lowest BCUT2D eigenvalue weighted by Gasteiger charge is -2.11. The van der Waals surface area contributed by atoms with Crippen LogP contribution in [-0.2, 0) is 4.79 Å². The van der Waals surface area contributed by atoms with Crippen LogP contribution >= 0.6 is 0 Å². The van der Waals surface area contributed by atoms with Crippen LogP contribution < -0.4 is 11.5 Å². The predicted molar refractivity (Wildman–Crippen MR) is 51.7 cm³/mol. The van der Waals surface area contributed by atoms with Crippen molar-refractivity contribution in [1.29, 1.82) is 0 Å². The number of hydrogen-bond acceptors (Lipinski definition) is 2. The molecule has 0 spiro atoms. The largest absolute Gasteiger partial charge is 0.370 e. The average Bonchev–Trinajstić information content (AvgIpc) is 2.14. The Bertz CT molecular complexity index is 368. The Hall–Kier alpha value is -1.49. The second-order valence-electron chi connectivity index (χ2n) is 3.28. The fourth-order valence-corrected chi connectivity index (χ4v) is 1.26. The molecule has 1 aromatic rings. The van der Waals surface area contributed by atoms with Gasteiger partial charge < -0.3 is 11.5 Å². The zero-order valence-corrected chi connectivity index (χ0v) is 8.04. The predicted octanol–water partition coefficient (Wildman–Crippen LogP) is 1.23. The molecule has 3 nitrogen and oxygen atoms in total. The summed E-state index contributed by atoms with van der Waals surface area (Å²) in [6.07, 6.45) is 0.329. The van der Waals surface area contributed by atoms with Crippen LogP contribution in [0.5, 0.6) is 0 Å². The van der Waals surface area contributed by atoms with E-state index in [0.29, 0.717) is 0 Å². The Kier molecular flexibility index (Phi) is 3.74. The molecule has 0 radical (unpaired) electrons. The third-order valence-electron chi connectivity index (χ3n) is 2.06. The van der Waals surface area contributed by atoms with Crippen molar-refractivity contribution >= 4 is 5.91 Å². The summed E-state index contributed by atoms with van der Waals surface area (Å²) in [5.41, 5.74) is 10.7. The van der Waals surface area contributed by atoms with Crippen LogP contribution in [-0.4, -0.2) is 5.91 Å². The molecule has 5 heteroatoms. The molecule has 0 aliphatic carbocycles. The van der Waals surface area contributed by atoms with Gasteiger partial charge in [-0.05, 0) is 12.5 Å². The molecular formula is C10H12F2N2O. The van der Waals surface area contributed by atoms with Crippen molar-refractivity contribution in [2.45, 2.75) is 18.9 Å². The molecule has 15 heavy (non-hydrogen) atoms. The number of carbonyl (C=O) groups is 1. The van der Waals surface area contributed by atoms with E-state index in [9.17, 15) is 13.6 Å². The highest BCUT2D eigenvalue weighted by Gasteiger charge is 2.12. The van der Waals surface area contributed by atoms with Crippen LogP contribution in [0.15, 0.2) is 18.2 Å². The third kappa shape index (κ3) is 3.28. The minimum Gasteiger partial charge on any atom is -0.370 e. The Balaban J connectivity index is 2.73. The van der Waals surface area contributed by atoms with Gasteiger partial charge in [-0.2, -0.15) is 0 Å². The Morgan fingerprint density at radius 1 is 1.40 bits per heavy atom. The molecule has 0 bridgehead atoms. The summed E-state index contributed by atoms with van der Waals surface area (Å²) >= 11 is 0. The first kappa shape index (κ1) is 11.6. The molecule has 0 saturated heterocycles. The summed E-state index contributed by atoms with van der Waals surface area (Å²) in [6.45, 7) is 0. The Morgan fingerprint density at radius 3 is 2.60 bits per heavy atom. The van der Waals surface area contributed by atoms with Crippen LogP contribution in [0.4, 0.5) is 8.78 Å². The Morgan fingerprint density at radius 2 is 2.07 bits per heavy atom. The maximum Gasteiger partial charge on any atom is 0.217 e. The highest BCUT2D eigenvalue weighted by Crippen LogP contribution is 2.19. The normalized spacial score (nSPS) is 12.5. The maximum atomic E-state index is 13.2. The fourth-order valence-electron chi connectivity index (χ4n) is 1.26. The molecule has 1 unspecified atom stereocenters. The number of hydrogen-bond donors (Lipinski definition) is 2. The number of primary amides is 1. The number of carbonyl (C=O) groups excluding carboxylic acids is 1. The molecule has 1 rings (SSSR count). The Labute approximate surface area is 86.1 Å². The van der Waals surface area contributed by atoms with Gasteiger partial charge in [0.1, 0.15) is 11.6 Å². The highest BCUT2D eigenvalue weighted by molar-refractivity contribution is 5.73. The van der Waals surface area contributed by atoms with E-state index >= 15 is 0 Å². The van der Waals surface area contributed by atoms with Crippen LogP contribution in [0.2, 0.25) is 0 Å². The molecule has 1 amide bonds. The van der Waals surface area contributed by atoms with Crippen molar-refractivity contribution < 1.29 is 13.6 Å². The summed E-state index contributed by atoms with van der Waals surface area (Å²) in [5, 5.41) is 0. The van der Waals surface area contributed by atoms with E-state index in [1.165, 1.54) is 6.07 Å². The van der Waals surface area contributed by atoms with Gasteiger partial charge in [-0.15, -0.1) is 0 Å². The van der Waals surface area contributed by atoms with Gasteiger partial charge in [0.2, 0.25) is 5.91 Å². The number of amides is 1. The van der Waals surface area contributed by atoms with Gasteiger partial charge in [-0.25, -0.2) is 8.78 Å². The van der Waals surface area contributed by atoms with E-state index in [1.54, 1.807) is 0 Å². The van der Waals surface area contributed by atoms with Gasteiger partial charge in [0.05, 0.1) is 0 Å². The lowest BCUT2D eigenvalue weighted by atomic mass is 10.0. The van der Waals surface area contributed by atoms with Crippen molar-refractivity contribution in [3.05, 3.63) is 35.4 Å². The van der Waals surface area contributed by atoms with Gasteiger partial charge in [0.15, 0.2) is 0 Å². The van der Waals surface area contributed by atoms with Crippen molar-refractivity contribution in [3.63, 3.8) is 0 Å². The number of nitrogens with two attached hydrogens (primary N) is 2. The van der Waals surface area contributed by atoms with Crippen molar-refractivity contribution in [2.75, 3.05) is 0 Å². The van der Waals surface area contributed by atoms with Gasteiger partial charge >= 0.3 is 0 Å². The zero-order valence-electron chi connectivity index (χ0n) is 8.04. The fraction of sp³-hybridized carbons (Fsp3) is 0.300. The summed E-state index contributed by atoms with van der Waals surface area (Å²) in [7, 11) is 0. The molecule has 1 atom stereocenters. The van der Waals surface area contributed by atoms with Gasteiger partial charge in [0.25, 0.3) is 0 Å². The van der Waals surface area contributed by atoms with Crippen LogP contribution in [0, 0.1) is 11.6 Å². The third-order valence-corrected chi connectivity index (χ3v) is 2.06. The maximum absolute atomic E-state index is 13.2. The summed E-state index contributed by atoms with van der Waals surface area (Å²) in [6, 6.07) is 2.52. The quantitative estimate of drug-likeness (QED) is 0.791. The second-order valence-corrected chi connectivity index (χ2v) is 3.28. The molecule has 0 aliphatic rings. The topological polar surface area (TPSA) is 69.1 Å². The smallest absolute Gasteiger partial charge is 0.217 e. The van der Waals surface area contributed by atoms with Gasteiger partial charge in [-0.1, -0.05) is 6.07 Å². The van der Waals surface area contributed by atoms with Crippen LogP contribution in [0.25, 0.3) is 0 Å². The number of halogens is 2. The lowest BCUT2D eigenvalue weighted by molar-refractivity contribution is -0.118. The molecule has 0 fully saturated rings. The first-order valence-electron chi connectivity index (χ1n) is 4.49. The zero-order chi connectivity index (χ0) is 11.4. The van der Waals surface area contributed by atoms with Crippen LogP contribution in [0.3, 0.4) is 0 Å². The molecule has 4 N–H and O–H groups in total. The molecule has 0 saturated carbocycles. The molecule has 1 aromatic carbocycles. The van der Waals surface area contributed by atoms with Crippen LogP contribution in [0.1, 0.15) is 24.4 Å². The van der Waals surface area contributed by atoms with Crippen molar-refractivity contribution in [1.82, 2.24) is 0 Å². The van der Waals surface area contributed by atoms with E-state index in [4.69, 9.17) is 11.5 Å². The SMILES string of the molecule is NC(=O)CCC(N)c1ccc(F)cc1F. The molecule has 0 aromatic heterocycles. The van der Waals surface area contributed by atoms with Gasteiger partial charge in [-0.3, -0.25) is 4.79 Å². The molecule has 82 valence electrons. The second kappa shape index (κ2) is 4.84. The average molecular weight is 214 g/mol. The highest BCUT2D eigenvalue weighted by atomic mass is 19.1. The van der Waals surface area contributed by atoms with E-state index in [2.05, 4.69) is 0 Å². The van der Waals surface area contributed by atoms with E-state index < -0.39 is 23.6 Å². The first-order chi connectivity index (χ1) is 7.00. The van der Waals surface area contributed by atoms with E-state index in [0.717, 1.165) is 12.1 Å². The molecular weight excluding hydrogens is 202 g/mol. The summed E-state index contributed by atoms with van der Waals surface area (Å²) in [4.78, 5) is 10.5. The number of benzene rings is 1. The summed E-state index contributed by atoms with van der Waals surface area (Å²) < 4.78 is 25.8. The van der Waals surface area contributed by atoms with E-state index in [-0.39, 0.29) is 18.4 Å². The minimum absolute atomic E-state index is 0.0813. The van der Waals surface area contributed by atoms with E-state index in [1.807, 2.05) is 0 Å².